The normalized spacial score (nSPS) is 25.6. The molecule has 2 atom stereocenters. The van der Waals surface area contributed by atoms with Crippen LogP contribution < -0.4 is 0 Å². The molecule has 1 aromatic rings. The summed E-state index contributed by atoms with van der Waals surface area (Å²) in [6.07, 6.45) is 0.766. The van der Waals surface area contributed by atoms with Crippen molar-refractivity contribution in [1.82, 2.24) is 9.21 Å². The fourth-order valence-electron chi connectivity index (χ4n) is 3.75. The maximum atomic E-state index is 13.4. The maximum absolute atomic E-state index is 13.4. The zero-order valence-corrected chi connectivity index (χ0v) is 16.2. The Balaban J connectivity index is 1.64. The smallest absolute Gasteiger partial charge is 0.243 e. The predicted molar refractivity (Wildman–Crippen MR) is 94.4 cm³/mol. The van der Waals surface area contributed by atoms with Crippen molar-refractivity contribution in [3.05, 3.63) is 29.8 Å². The number of sulfonamides is 1. The molecule has 2 saturated heterocycles. The zero-order chi connectivity index (χ0) is 19.8. The van der Waals surface area contributed by atoms with Crippen LogP contribution in [0.5, 0.6) is 0 Å². The molecule has 6 nitrogen and oxygen atoms in total. The highest BCUT2D eigenvalue weighted by molar-refractivity contribution is 7.89. The van der Waals surface area contributed by atoms with Crippen LogP contribution in [0.4, 0.5) is 8.78 Å². The summed E-state index contributed by atoms with van der Waals surface area (Å²) in [4.78, 5) is 14.3. The van der Waals surface area contributed by atoms with Gasteiger partial charge in [0, 0.05) is 32.1 Å². The fraction of sp³-hybridized carbons (Fsp3) is 0.611. The molecular formula is C18H24F2N2O4S. The first kappa shape index (κ1) is 20.2. The predicted octanol–water partition coefficient (Wildman–Crippen LogP) is 2.00. The Morgan fingerprint density at radius 3 is 2.22 bits per heavy atom. The second kappa shape index (κ2) is 7.81. The highest BCUT2D eigenvalue weighted by atomic mass is 32.2. The SMILES string of the molecule is CC1CN(C(=O)C2CCN(S(=O)(=O)c3ccc(F)c(F)c3)CC2)CC(C)O1. The number of piperidine rings is 1. The van der Waals surface area contributed by atoms with Crippen molar-refractivity contribution >= 4 is 15.9 Å². The lowest BCUT2D eigenvalue weighted by molar-refractivity contribution is -0.148. The standard InChI is InChI=1S/C18H24F2N2O4S/c1-12-10-21(11-13(2)26-12)18(23)14-5-7-22(8-6-14)27(24,25)15-3-4-16(19)17(20)9-15/h3-4,9,12-14H,5-8,10-11H2,1-2H3. The first-order valence-corrected chi connectivity index (χ1v) is 10.5. The molecule has 0 aliphatic carbocycles. The Hall–Kier alpha value is -1.58. The number of nitrogens with zero attached hydrogens (tertiary/aromatic N) is 2. The van der Waals surface area contributed by atoms with Crippen molar-refractivity contribution < 1.29 is 26.7 Å². The van der Waals surface area contributed by atoms with E-state index < -0.39 is 21.7 Å². The third-order valence-corrected chi connectivity index (χ3v) is 6.96. The van der Waals surface area contributed by atoms with E-state index in [1.807, 2.05) is 13.8 Å². The van der Waals surface area contributed by atoms with Gasteiger partial charge in [-0.25, -0.2) is 17.2 Å². The fourth-order valence-corrected chi connectivity index (χ4v) is 5.23. The summed E-state index contributed by atoms with van der Waals surface area (Å²) in [7, 11) is -3.91. The summed E-state index contributed by atoms with van der Waals surface area (Å²) in [5.74, 6) is -2.50. The van der Waals surface area contributed by atoms with E-state index in [4.69, 9.17) is 4.74 Å². The number of halogens is 2. The van der Waals surface area contributed by atoms with E-state index >= 15 is 0 Å². The first-order chi connectivity index (χ1) is 12.7. The van der Waals surface area contributed by atoms with Gasteiger partial charge in [0.25, 0.3) is 0 Å². The van der Waals surface area contributed by atoms with Crippen LogP contribution in [-0.4, -0.2) is 61.9 Å². The molecule has 0 aromatic heterocycles. The van der Waals surface area contributed by atoms with Crippen molar-refractivity contribution in [3.8, 4) is 0 Å². The van der Waals surface area contributed by atoms with Gasteiger partial charge < -0.3 is 9.64 Å². The van der Waals surface area contributed by atoms with Gasteiger partial charge in [0.1, 0.15) is 0 Å². The molecule has 0 saturated carbocycles. The largest absolute Gasteiger partial charge is 0.372 e. The summed E-state index contributed by atoms with van der Waals surface area (Å²) in [6.45, 7) is 5.27. The molecule has 2 unspecified atom stereocenters. The lowest BCUT2D eigenvalue weighted by Gasteiger charge is -2.39. The van der Waals surface area contributed by atoms with Crippen LogP contribution >= 0.6 is 0 Å². The van der Waals surface area contributed by atoms with E-state index in [1.54, 1.807) is 4.90 Å². The van der Waals surface area contributed by atoms with Crippen LogP contribution in [-0.2, 0) is 19.6 Å². The van der Waals surface area contributed by atoms with Gasteiger partial charge in [0.15, 0.2) is 11.6 Å². The van der Waals surface area contributed by atoms with Gasteiger partial charge in [-0.1, -0.05) is 0 Å². The quantitative estimate of drug-likeness (QED) is 0.776. The average Bonchev–Trinajstić information content (AvgIpc) is 2.62. The Morgan fingerprint density at radius 1 is 1.07 bits per heavy atom. The molecule has 2 fully saturated rings. The van der Waals surface area contributed by atoms with Gasteiger partial charge >= 0.3 is 0 Å². The van der Waals surface area contributed by atoms with Gasteiger partial charge in [0.05, 0.1) is 17.1 Å². The minimum atomic E-state index is -3.91. The number of hydrogen-bond donors (Lipinski definition) is 0. The number of rotatable bonds is 3. The van der Waals surface area contributed by atoms with E-state index in [0.717, 1.165) is 12.1 Å². The van der Waals surface area contributed by atoms with Crippen molar-refractivity contribution in [2.45, 2.75) is 43.8 Å². The molecule has 1 aromatic carbocycles. The van der Waals surface area contributed by atoms with Crippen molar-refractivity contribution in [2.75, 3.05) is 26.2 Å². The van der Waals surface area contributed by atoms with Crippen LogP contribution in [0.25, 0.3) is 0 Å². The zero-order valence-electron chi connectivity index (χ0n) is 15.4. The molecule has 150 valence electrons. The molecule has 0 bridgehead atoms. The third kappa shape index (κ3) is 4.30. The molecule has 27 heavy (non-hydrogen) atoms. The molecule has 2 aliphatic heterocycles. The van der Waals surface area contributed by atoms with Crippen LogP contribution in [0.2, 0.25) is 0 Å². The van der Waals surface area contributed by atoms with E-state index in [9.17, 15) is 22.0 Å². The van der Waals surface area contributed by atoms with Crippen LogP contribution in [0.15, 0.2) is 23.1 Å². The third-order valence-electron chi connectivity index (χ3n) is 5.06. The van der Waals surface area contributed by atoms with Gasteiger partial charge in [0.2, 0.25) is 15.9 Å². The Kier molecular flexibility index (Phi) is 5.83. The minimum Gasteiger partial charge on any atom is -0.372 e. The van der Waals surface area contributed by atoms with Gasteiger partial charge in [-0.15, -0.1) is 0 Å². The first-order valence-electron chi connectivity index (χ1n) is 9.08. The topological polar surface area (TPSA) is 66.9 Å². The average molecular weight is 402 g/mol. The maximum Gasteiger partial charge on any atom is 0.243 e. The van der Waals surface area contributed by atoms with E-state index in [0.29, 0.717) is 32.0 Å². The number of amides is 1. The van der Waals surface area contributed by atoms with Crippen LogP contribution in [0.1, 0.15) is 26.7 Å². The van der Waals surface area contributed by atoms with E-state index in [1.165, 1.54) is 4.31 Å². The van der Waals surface area contributed by atoms with Crippen LogP contribution in [0, 0.1) is 17.6 Å². The molecule has 3 rings (SSSR count). The highest BCUT2D eigenvalue weighted by Crippen LogP contribution is 2.27. The number of carbonyl (C=O) groups is 1. The summed E-state index contributed by atoms with van der Waals surface area (Å²) >= 11 is 0. The van der Waals surface area contributed by atoms with Crippen molar-refractivity contribution in [2.24, 2.45) is 5.92 Å². The highest BCUT2D eigenvalue weighted by Gasteiger charge is 2.36. The van der Waals surface area contributed by atoms with Crippen molar-refractivity contribution in [1.29, 1.82) is 0 Å². The summed E-state index contributed by atoms with van der Waals surface area (Å²) in [5, 5.41) is 0. The number of carbonyl (C=O) groups excluding carboxylic acids is 1. The van der Waals surface area contributed by atoms with Gasteiger partial charge in [-0.05, 0) is 44.9 Å². The summed E-state index contributed by atoms with van der Waals surface area (Å²) in [5.41, 5.74) is 0. The Morgan fingerprint density at radius 2 is 1.67 bits per heavy atom. The molecule has 2 heterocycles. The monoisotopic (exact) mass is 402 g/mol. The molecule has 2 aliphatic rings. The Bertz CT molecular complexity index is 800. The van der Waals surface area contributed by atoms with E-state index in [-0.39, 0.29) is 42.0 Å². The molecule has 9 heteroatoms. The number of hydrogen-bond acceptors (Lipinski definition) is 4. The minimum absolute atomic E-state index is 0.0217. The lowest BCUT2D eigenvalue weighted by atomic mass is 9.96. The van der Waals surface area contributed by atoms with Gasteiger partial charge in [-0.3, -0.25) is 4.79 Å². The molecule has 0 spiro atoms. The molecular weight excluding hydrogens is 378 g/mol. The van der Waals surface area contributed by atoms with Crippen molar-refractivity contribution in [3.63, 3.8) is 0 Å². The number of benzene rings is 1. The summed E-state index contributed by atoms with van der Waals surface area (Å²) < 4.78 is 58.6. The lowest BCUT2D eigenvalue weighted by Crippen LogP contribution is -2.51. The molecule has 1 amide bonds. The van der Waals surface area contributed by atoms with E-state index in [2.05, 4.69) is 0 Å². The summed E-state index contributed by atoms with van der Waals surface area (Å²) in [6, 6.07) is 2.55. The molecule has 0 radical (unpaired) electrons. The second-order valence-corrected chi connectivity index (χ2v) is 9.19. The van der Waals surface area contributed by atoms with Gasteiger partial charge in [-0.2, -0.15) is 4.31 Å². The second-order valence-electron chi connectivity index (χ2n) is 7.25. The number of morpholine rings is 1. The molecule has 0 N–H and O–H groups in total. The van der Waals surface area contributed by atoms with Crippen LogP contribution in [0.3, 0.4) is 0 Å². The number of ether oxygens (including phenoxy) is 1. The Labute approximate surface area is 158 Å².